The topological polar surface area (TPSA) is 54.7 Å². The number of nitrogens with zero attached hydrogens (tertiary/aromatic N) is 3. The van der Waals surface area contributed by atoms with Gasteiger partial charge in [0, 0.05) is 12.3 Å². The Labute approximate surface area is 160 Å². The molecule has 8 heteroatoms. The number of fused-ring (bicyclic) bond motifs is 1. The Bertz CT molecular complexity index is 1220. The van der Waals surface area contributed by atoms with Crippen LogP contribution in [0.1, 0.15) is 5.69 Å². The predicted molar refractivity (Wildman–Crippen MR) is 101 cm³/mol. The van der Waals surface area contributed by atoms with Crippen molar-refractivity contribution in [3.05, 3.63) is 96.5 Å². The van der Waals surface area contributed by atoms with E-state index >= 15 is 0 Å². The van der Waals surface area contributed by atoms with E-state index in [0.29, 0.717) is 23.1 Å². The molecule has 0 aliphatic carbocycles. The average molecular weight is 399 g/mol. The maximum atomic E-state index is 13.7. The maximum absolute atomic E-state index is 13.7. The van der Waals surface area contributed by atoms with Gasteiger partial charge in [0.05, 0.1) is 29.0 Å². The third-order valence-corrected chi connectivity index (χ3v) is 6.02. The van der Waals surface area contributed by atoms with Gasteiger partial charge in [-0.25, -0.2) is 22.2 Å². The van der Waals surface area contributed by atoms with E-state index in [1.54, 1.807) is 53.2 Å². The first kappa shape index (κ1) is 18.1. The van der Waals surface area contributed by atoms with Crippen LogP contribution in [0.4, 0.5) is 14.5 Å². The minimum atomic E-state index is -4.23. The standard InChI is InChI=1S/C20H15F2N3O2S/c21-15-10-16(22)12-19(11-15)28(26,27)25(17-6-2-1-3-7-17)14-18-13-23-20-8-4-5-9-24(18)20/h1-13H,14H2. The van der Waals surface area contributed by atoms with E-state index in [2.05, 4.69) is 4.98 Å². The molecule has 0 bridgehead atoms. The van der Waals surface area contributed by atoms with Gasteiger partial charge in [-0.05, 0) is 36.4 Å². The quantitative estimate of drug-likeness (QED) is 0.510. The summed E-state index contributed by atoms with van der Waals surface area (Å²) in [5.41, 5.74) is 1.65. The fourth-order valence-electron chi connectivity index (χ4n) is 2.96. The largest absolute Gasteiger partial charge is 0.302 e. The molecule has 0 N–H and O–H groups in total. The molecule has 0 atom stereocenters. The van der Waals surface area contributed by atoms with Gasteiger partial charge in [0.25, 0.3) is 10.0 Å². The summed E-state index contributed by atoms with van der Waals surface area (Å²) in [7, 11) is -4.23. The van der Waals surface area contributed by atoms with Gasteiger partial charge in [-0.1, -0.05) is 24.3 Å². The van der Waals surface area contributed by atoms with Crippen LogP contribution in [0, 0.1) is 11.6 Å². The number of hydrogen-bond acceptors (Lipinski definition) is 3. The molecular formula is C20H15F2N3O2S. The van der Waals surface area contributed by atoms with Gasteiger partial charge < -0.3 is 4.40 Å². The van der Waals surface area contributed by atoms with Crippen molar-refractivity contribution in [2.24, 2.45) is 0 Å². The first-order valence-corrected chi connectivity index (χ1v) is 9.84. The molecule has 0 radical (unpaired) electrons. The SMILES string of the molecule is O=S(=O)(c1cc(F)cc(F)c1)N(Cc1cnc2ccccn12)c1ccccc1. The van der Waals surface area contributed by atoms with Gasteiger partial charge in [-0.2, -0.15) is 0 Å². The lowest BCUT2D eigenvalue weighted by Crippen LogP contribution is -2.31. The number of imidazole rings is 1. The Balaban J connectivity index is 1.84. The summed E-state index contributed by atoms with van der Waals surface area (Å²) in [6.07, 6.45) is 3.35. The van der Waals surface area contributed by atoms with E-state index in [1.807, 2.05) is 12.1 Å². The zero-order valence-corrected chi connectivity index (χ0v) is 15.4. The van der Waals surface area contributed by atoms with E-state index in [1.165, 1.54) is 0 Å². The number of sulfonamides is 1. The van der Waals surface area contributed by atoms with Crippen molar-refractivity contribution in [1.29, 1.82) is 0 Å². The van der Waals surface area contributed by atoms with Crippen LogP contribution in [0.2, 0.25) is 0 Å². The highest BCUT2D eigenvalue weighted by atomic mass is 32.2. The fourth-order valence-corrected chi connectivity index (χ4v) is 4.44. The third-order valence-electron chi connectivity index (χ3n) is 4.27. The molecule has 5 nitrogen and oxygen atoms in total. The van der Waals surface area contributed by atoms with Gasteiger partial charge in [-0.15, -0.1) is 0 Å². The molecule has 28 heavy (non-hydrogen) atoms. The van der Waals surface area contributed by atoms with E-state index in [4.69, 9.17) is 0 Å². The van der Waals surface area contributed by atoms with Crippen molar-refractivity contribution in [1.82, 2.24) is 9.38 Å². The highest BCUT2D eigenvalue weighted by molar-refractivity contribution is 7.92. The molecule has 142 valence electrons. The summed E-state index contributed by atoms with van der Waals surface area (Å²) in [4.78, 5) is 3.81. The van der Waals surface area contributed by atoms with Crippen molar-refractivity contribution in [3.63, 3.8) is 0 Å². The molecule has 0 spiro atoms. The lowest BCUT2D eigenvalue weighted by atomic mass is 10.3. The first-order chi connectivity index (χ1) is 13.4. The lowest BCUT2D eigenvalue weighted by Gasteiger charge is -2.24. The minimum Gasteiger partial charge on any atom is -0.302 e. The van der Waals surface area contributed by atoms with Crippen LogP contribution < -0.4 is 4.31 Å². The molecule has 0 aliphatic rings. The Morgan fingerprint density at radius 2 is 1.61 bits per heavy atom. The van der Waals surface area contributed by atoms with Crippen LogP contribution in [0.5, 0.6) is 0 Å². The summed E-state index contributed by atoms with van der Waals surface area (Å²) < 4.78 is 56.7. The molecule has 2 aromatic heterocycles. The fraction of sp³-hybridized carbons (Fsp3) is 0.0500. The van der Waals surface area contributed by atoms with E-state index in [0.717, 1.165) is 16.4 Å². The summed E-state index contributed by atoms with van der Waals surface area (Å²) in [6.45, 7) is -0.0599. The lowest BCUT2D eigenvalue weighted by molar-refractivity contribution is 0.565. The van der Waals surface area contributed by atoms with Crippen LogP contribution >= 0.6 is 0 Å². The highest BCUT2D eigenvalue weighted by Crippen LogP contribution is 2.27. The molecular weight excluding hydrogens is 384 g/mol. The Morgan fingerprint density at radius 3 is 2.32 bits per heavy atom. The van der Waals surface area contributed by atoms with E-state index < -0.39 is 26.6 Å². The van der Waals surface area contributed by atoms with Crippen LogP contribution in [-0.2, 0) is 16.6 Å². The van der Waals surface area contributed by atoms with Gasteiger partial charge in [0.15, 0.2) is 0 Å². The summed E-state index contributed by atoms with van der Waals surface area (Å²) in [5.74, 6) is -1.91. The molecule has 0 unspecified atom stereocenters. The van der Waals surface area contributed by atoms with Crippen molar-refractivity contribution in [2.45, 2.75) is 11.4 Å². The van der Waals surface area contributed by atoms with Crippen LogP contribution in [0.15, 0.2) is 84.0 Å². The number of halogens is 2. The number of benzene rings is 2. The molecule has 0 saturated carbocycles. The number of anilines is 1. The summed E-state index contributed by atoms with van der Waals surface area (Å²) in [6, 6.07) is 16.1. The van der Waals surface area contributed by atoms with E-state index in [-0.39, 0.29) is 6.54 Å². The zero-order chi connectivity index (χ0) is 19.7. The highest BCUT2D eigenvalue weighted by Gasteiger charge is 2.27. The number of pyridine rings is 1. The third kappa shape index (κ3) is 3.34. The zero-order valence-electron chi connectivity index (χ0n) is 14.5. The Morgan fingerprint density at radius 1 is 0.929 bits per heavy atom. The molecule has 2 aromatic carbocycles. The number of para-hydroxylation sites is 1. The average Bonchev–Trinajstić information content (AvgIpc) is 3.09. The van der Waals surface area contributed by atoms with Crippen molar-refractivity contribution in [2.75, 3.05) is 4.31 Å². The first-order valence-electron chi connectivity index (χ1n) is 8.40. The second-order valence-corrected chi connectivity index (χ2v) is 7.99. The molecule has 0 fully saturated rings. The van der Waals surface area contributed by atoms with Crippen molar-refractivity contribution < 1.29 is 17.2 Å². The summed E-state index contributed by atoms with van der Waals surface area (Å²) in [5, 5.41) is 0. The molecule has 0 amide bonds. The smallest absolute Gasteiger partial charge is 0.264 e. The molecule has 0 aliphatic heterocycles. The molecule has 2 heterocycles. The Kier molecular flexibility index (Phi) is 4.56. The van der Waals surface area contributed by atoms with Gasteiger partial charge in [0.2, 0.25) is 0 Å². The van der Waals surface area contributed by atoms with Crippen LogP contribution in [0.25, 0.3) is 5.65 Å². The van der Waals surface area contributed by atoms with Gasteiger partial charge in [-0.3, -0.25) is 4.31 Å². The molecule has 4 aromatic rings. The second-order valence-electron chi connectivity index (χ2n) is 6.13. The van der Waals surface area contributed by atoms with Crippen LogP contribution in [-0.4, -0.2) is 17.8 Å². The Hall–Kier alpha value is -3.26. The molecule has 0 saturated heterocycles. The second kappa shape index (κ2) is 7.05. The predicted octanol–water partition coefficient (Wildman–Crippen LogP) is 4.01. The van der Waals surface area contributed by atoms with Crippen molar-refractivity contribution in [3.8, 4) is 0 Å². The number of aromatic nitrogens is 2. The van der Waals surface area contributed by atoms with Gasteiger partial charge >= 0.3 is 0 Å². The monoisotopic (exact) mass is 399 g/mol. The minimum absolute atomic E-state index is 0.0599. The number of rotatable bonds is 5. The van der Waals surface area contributed by atoms with Crippen molar-refractivity contribution >= 4 is 21.4 Å². The van der Waals surface area contributed by atoms with Crippen LogP contribution in [0.3, 0.4) is 0 Å². The maximum Gasteiger partial charge on any atom is 0.264 e. The van der Waals surface area contributed by atoms with E-state index in [9.17, 15) is 17.2 Å². The van der Waals surface area contributed by atoms with Gasteiger partial charge in [0.1, 0.15) is 17.3 Å². The molecule has 4 rings (SSSR count). The number of hydrogen-bond donors (Lipinski definition) is 0. The normalized spacial score (nSPS) is 11.6. The summed E-state index contributed by atoms with van der Waals surface area (Å²) >= 11 is 0.